The first-order chi connectivity index (χ1) is 18.1. The Hall–Kier alpha value is -2.79. The third-order valence-electron chi connectivity index (χ3n) is 6.90. The van der Waals surface area contributed by atoms with E-state index >= 15 is 0 Å². The highest BCUT2D eigenvalue weighted by molar-refractivity contribution is 7.89. The first-order valence-corrected chi connectivity index (χ1v) is 15.3. The zero-order valence-electron chi connectivity index (χ0n) is 21.8. The van der Waals surface area contributed by atoms with Crippen molar-refractivity contribution in [3.05, 3.63) is 47.5 Å². The van der Waals surface area contributed by atoms with Gasteiger partial charge in [-0.2, -0.15) is 4.72 Å². The molecule has 1 aliphatic rings. The number of carboxylic acid groups (broad SMARTS) is 1. The molecule has 2 aromatic carbocycles. The molecule has 0 saturated heterocycles. The summed E-state index contributed by atoms with van der Waals surface area (Å²) in [5.74, 6) is -0.770. The van der Waals surface area contributed by atoms with Gasteiger partial charge in [0, 0.05) is 46.6 Å². The average Bonchev–Trinajstić information content (AvgIpc) is 3.43. The molecule has 202 valence electrons. The molecule has 1 saturated carbocycles. The molecule has 1 fully saturated rings. The maximum Gasteiger partial charge on any atom is 0.322 e. The normalized spacial score (nSPS) is 15.2. The van der Waals surface area contributed by atoms with Crippen molar-refractivity contribution in [1.82, 2.24) is 14.6 Å². The molecular weight excluding hydrogens is 522 g/mol. The standard InChI is InChI=1S/C28H33N3O5S2/c1-4-11-31(15-18-5-6-18)16-20-14-29-27(37-20)19-7-10-24-23(12-19)22-9-8-21(13-25(22)36-24)38(34,35)30-26(17(2)3)28(32)33/h7-10,12-14,17-18,26,30H,4-6,11,15-16H2,1-3H3,(H,32,33)/t26-/m0/s1. The molecule has 0 bridgehead atoms. The lowest BCUT2D eigenvalue weighted by molar-refractivity contribution is -0.140. The van der Waals surface area contributed by atoms with E-state index in [1.54, 1.807) is 31.3 Å². The topological polar surface area (TPSA) is 113 Å². The van der Waals surface area contributed by atoms with Crippen LogP contribution in [0.5, 0.6) is 0 Å². The molecule has 4 aromatic rings. The molecule has 5 rings (SSSR count). The highest BCUT2D eigenvalue weighted by Crippen LogP contribution is 2.35. The van der Waals surface area contributed by atoms with E-state index in [1.165, 1.54) is 29.9 Å². The van der Waals surface area contributed by atoms with Crippen LogP contribution >= 0.6 is 11.3 Å². The number of benzene rings is 2. The summed E-state index contributed by atoms with van der Waals surface area (Å²) in [5.41, 5.74) is 2.05. The molecule has 2 heterocycles. The van der Waals surface area contributed by atoms with E-state index < -0.39 is 28.0 Å². The number of hydrogen-bond acceptors (Lipinski definition) is 7. The number of carbonyl (C=O) groups is 1. The number of nitrogens with zero attached hydrogens (tertiary/aromatic N) is 2. The minimum absolute atomic E-state index is 0.0384. The summed E-state index contributed by atoms with van der Waals surface area (Å²) >= 11 is 1.70. The van der Waals surface area contributed by atoms with Gasteiger partial charge >= 0.3 is 5.97 Å². The van der Waals surface area contributed by atoms with Crippen molar-refractivity contribution in [2.45, 2.75) is 57.5 Å². The summed E-state index contributed by atoms with van der Waals surface area (Å²) in [4.78, 5) is 19.9. The van der Waals surface area contributed by atoms with Crippen LogP contribution in [0.3, 0.4) is 0 Å². The van der Waals surface area contributed by atoms with Crippen molar-refractivity contribution in [2.24, 2.45) is 11.8 Å². The monoisotopic (exact) mass is 555 g/mol. The van der Waals surface area contributed by atoms with Crippen LogP contribution in [-0.2, 0) is 21.4 Å². The van der Waals surface area contributed by atoms with Gasteiger partial charge in [0.15, 0.2) is 0 Å². The second-order valence-corrected chi connectivity index (χ2v) is 13.3. The zero-order chi connectivity index (χ0) is 27.0. The first-order valence-electron chi connectivity index (χ1n) is 13.0. The van der Waals surface area contributed by atoms with Crippen LogP contribution in [0.4, 0.5) is 0 Å². The average molecular weight is 556 g/mol. The SMILES string of the molecule is CCCN(Cc1cnc(-c2ccc3oc4cc(S(=O)(=O)N[C@H](C(=O)O)C(C)C)ccc4c3c2)s1)CC1CC1. The molecule has 0 spiro atoms. The summed E-state index contributed by atoms with van der Waals surface area (Å²) in [6.07, 6.45) is 5.80. The summed E-state index contributed by atoms with van der Waals surface area (Å²) in [6.45, 7) is 8.71. The number of aromatic nitrogens is 1. The van der Waals surface area contributed by atoms with Crippen molar-refractivity contribution in [3.8, 4) is 10.6 Å². The number of fused-ring (bicyclic) bond motifs is 3. The van der Waals surface area contributed by atoms with Gasteiger partial charge < -0.3 is 9.52 Å². The summed E-state index contributed by atoms with van der Waals surface area (Å²) in [6, 6.07) is 9.30. The highest BCUT2D eigenvalue weighted by Gasteiger charge is 2.28. The van der Waals surface area contributed by atoms with Gasteiger partial charge in [-0.3, -0.25) is 9.69 Å². The van der Waals surface area contributed by atoms with Gasteiger partial charge in [-0.05, 0) is 68.0 Å². The van der Waals surface area contributed by atoms with E-state index in [1.807, 2.05) is 24.4 Å². The fraction of sp³-hybridized carbons (Fsp3) is 0.429. The van der Waals surface area contributed by atoms with Gasteiger partial charge in [0.05, 0.1) is 4.90 Å². The molecule has 2 aromatic heterocycles. The van der Waals surface area contributed by atoms with E-state index in [4.69, 9.17) is 9.40 Å². The van der Waals surface area contributed by atoms with Crippen molar-refractivity contribution >= 4 is 49.3 Å². The Morgan fingerprint density at radius 3 is 2.66 bits per heavy atom. The number of aliphatic carboxylic acids is 1. The molecular formula is C28H33N3O5S2. The van der Waals surface area contributed by atoms with Gasteiger partial charge in [-0.25, -0.2) is 13.4 Å². The Morgan fingerprint density at radius 1 is 1.18 bits per heavy atom. The fourth-order valence-corrected chi connectivity index (χ4v) is 7.02. The van der Waals surface area contributed by atoms with Crippen LogP contribution in [0.1, 0.15) is 44.9 Å². The van der Waals surface area contributed by atoms with Crippen LogP contribution in [0, 0.1) is 11.8 Å². The van der Waals surface area contributed by atoms with Crippen molar-refractivity contribution in [2.75, 3.05) is 13.1 Å². The maximum atomic E-state index is 12.9. The second-order valence-electron chi connectivity index (χ2n) is 10.5. The first kappa shape index (κ1) is 26.8. The molecule has 0 unspecified atom stereocenters. The lowest BCUT2D eigenvalue weighted by Gasteiger charge is -2.20. The number of sulfonamides is 1. The van der Waals surface area contributed by atoms with Crippen LogP contribution in [-0.4, -0.2) is 48.5 Å². The van der Waals surface area contributed by atoms with Gasteiger partial charge in [-0.1, -0.05) is 20.8 Å². The van der Waals surface area contributed by atoms with Gasteiger partial charge in [0.1, 0.15) is 22.2 Å². The molecule has 1 atom stereocenters. The molecule has 1 aliphatic carbocycles. The van der Waals surface area contributed by atoms with Gasteiger partial charge in [0.25, 0.3) is 0 Å². The van der Waals surface area contributed by atoms with E-state index in [-0.39, 0.29) is 4.90 Å². The zero-order valence-corrected chi connectivity index (χ0v) is 23.4. The van der Waals surface area contributed by atoms with Crippen LogP contribution < -0.4 is 4.72 Å². The second kappa shape index (κ2) is 10.8. The number of carboxylic acids is 1. The summed E-state index contributed by atoms with van der Waals surface area (Å²) in [5, 5.41) is 12.0. The Kier molecular flexibility index (Phi) is 7.59. The van der Waals surface area contributed by atoms with E-state index in [0.29, 0.717) is 11.2 Å². The van der Waals surface area contributed by atoms with E-state index in [2.05, 4.69) is 16.5 Å². The fourth-order valence-electron chi connectivity index (χ4n) is 4.72. The summed E-state index contributed by atoms with van der Waals surface area (Å²) in [7, 11) is -4.05. The van der Waals surface area contributed by atoms with Crippen LogP contribution in [0.2, 0.25) is 0 Å². The van der Waals surface area contributed by atoms with E-state index in [0.717, 1.165) is 53.3 Å². The molecule has 10 heteroatoms. The Labute approximate surface area is 226 Å². The Bertz CT molecular complexity index is 1570. The minimum Gasteiger partial charge on any atom is -0.480 e. The van der Waals surface area contributed by atoms with Crippen molar-refractivity contribution in [1.29, 1.82) is 0 Å². The highest BCUT2D eigenvalue weighted by atomic mass is 32.2. The molecule has 0 aliphatic heterocycles. The van der Waals surface area contributed by atoms with Crippen LogP contribution in [0.25, 0.3) is 32.5 Å². The largest absolute Gasteiger partial charge is 0.480 e. The predicted octanol–water partition coefficient (Wildman–Crippen LogP) is 5.72. The Balaban J connectivity index is 1.40. The lowest BCUT2D eigenvalue weighted by Crippen LogP contribution is -2.44. The molecule has 0 amide bonds. The quantitative estimate of drug-likeness (QED) is 0.230. The van der Waals surface area contributed by atoms with Gasteiger partial charge in [-0.15, -0.1) is 11.3 Å². The number of thiazole rings is 1. The number of hydrogen-bond donors (Lipinski definition) is 2. The minimum atomic E-state index is -4.05. The maximum absolute atomic E-state index is 12.9. The lowest BCUT2D eigenvalue weighted by atomic mass is 10.1. The molecule has 0 radical (unpaired) electrons. The van der Waals surface area contributed by atoms with Crippen LogP contribution in [0.15, 0.2) is 51.9 Å². The van der Waals surface area contributed by atoms with Crippen molar-refractivity contribution in [3.63, 3.8) is 0 Å². The number of nitrogens with one attached hydrogen (secondary N) is 1. The smallest absolute Gasteiger partial charge is 0.322 e. The molecule has 8 nitrogen and oxygen atoms in total. The summed E-state index contributed by atoms with van der Waals surface area (Å²) < 4.78 is 34.1. The number of rotatable bonds is 12. The third kappa shape index (κ3) is 5.78. The molecule has 38 heavy (non-hydrogen) atoms. The van der Waals surface area contributed by atoms with Crippen molar-refractivity contribution < 1.29 is 22.7 Å². The number of furan rings is 1. The predicted molar refractivity (Wildman–Crippen MR) is 150 cm³/mol. The van der Waals surface area contributed by atoms with Gasteiger partial charge in [0.2, 0.25) is 10.0 Å². The Morgan fingerprint density at radius 2 is 1.97 bits per heavy atom. The van der Waals surface area contributed by atoms with E-state index in [9.17, 15) is 18.3 Å². The molecule has 2 N–H and O–H groups in total. The third-order valence-corrected chi connectivity index (χ3v) is 9.37.